The summed E-state index contributed by atoms with van der Waals surface area (Å²) in [5.74, 6) is 0.0181. The Kier molecular flexibility index (Phi) is 6.43. The highest BCUT2D eigenvalue weighted by Crippen LogP contribution is 2.31. The molecule has 1 unspecified atom stereocenters. The molecule has 1 saturated carbocycles. The van der Waals surface area contributed by atoms with E-state index in [0.717, 1.165) is 19.3 Å². The molecule has 0 radical (unpaired) electrons. The van der Waals surface area contributed by atoms with Gasteiger partial charge in [-0.05, 0) is 30.9 Å². The number of nitrogens with zero attached hydrogens (tertiary/aromatic N) is 2. The smallest absolute Gasteiger partial charge is 0.246 e. The van der Waals surface area contributed by atoms with Crippen molar-refractivity contribution in [3.63, 3.8) is 0 Å². The van der Waals surface area contributed by atoms with E-state index in [1.165, 1.54) is 12.0 Å². The van der Waals surface area contributed by atoms with Crippen LogP contribution >= 0.6 is 0 Å². The summed E-state index contributed by atoms with van der Waals surface area (Å²) < 4.78 is 31.6. The number of carbonyl (C=O) groups is 1. The van der Waals surface area contributed by atoms with Crippen molar-refractivity contribution in [1.82, 2.24) is 4.98 Å². The van der Waals surface area contributed by atoms with E-state index in [4.69, 9.17) is 4.74 Å². The minimum atomic E-state index is -3.56. The Balaban J connectivity index is 2.34. The van der Waals surface area contributed by atoms with E-state index in [1.807, 2.05) is 0 Å². The lowest BCUT2D eigenvalue weighted by molar-refractivity contribution is -0.118. The Bertz CT molecular complexity index is 697. The number of sulfone groups is 1. The number of rotatable bonds is 6. The molecule has 25 heavy (non-hydrogen) atoms. The zero-order valence-electron chi connectivity index (χ0n) is 15.4. The number of aromatic nitrogens is 1. The second-order valence-corrected chi connectivity index (χ2v) is 9.29. The number of hydrogen-bond acceptors (Lipinski definition) is 5. The average Bonchev–Trinajstić information content (AvgIpc) is 2.61. The van der Waals surface area contributed by atoms with Crippen LogP contribution in [0.25, 0.3) is 0 Å². The lowest BCUT2D eigenvalue weighted by Crippen LogP contribution is -2.48. The van der Waals surface area contributed by atoms with Gasteiger partial charge in [0, 0.05) is 13.2 Å². The van der Waals surface area contributed by atoms with E-state index < -0.39 is 26.2 Å². The molecule has 0 aromatic carbocycles. The third kappa shape index (κ3) is 4.14. The van der Waals surface area contributed by atoms with E-state index in [9.17, 15) is 13.2 Å². The van der Waals surface area contributed by atoms with Gasteiger partial charge in [0.25, 0.3) is 0 Å². The molecular formula is C18H28N2O4S. The van der Waals surface area contributed by atoms with Gasteiger partial charge in [0.05, 0.1) is 12.4 Å². The molecule has 1 aliphatic carbocycles. The first-order chi connectivity index (χ1) is 11.8. The van der Waals surface area contributed by atoms with Gasteiger partial charge in [-0.25, -0.2) is 13.4 Å². The molecular weight excluding hydrogens is 340 g/mol. The molecule has 1 aromatic rings. The maximum Gasteiger partial charge on any atom is 0.246 e. The average molecular weight is 368 g/mol. The van der Waals surface area contributed by atoms with E-state index in [1.54, 1.807) is 39.2 Å². The van der Waals surface area contributed by atoms with Crippen LogP contribution < -0.4 is 9.64 Å². The summed E-state index contributed by atoms with van der Waals surface area (Å²) in [4.78, 5) is 18.6. The van der Waals surface area contributed by atoms with Crippen LogP contribution in [0, 0.1) is 5.92 Å². The Morgan fingerprint density at radius 3 is 2.48 bits per heavy atom. The normalized spacial score (nSPS) is 17.3. The Morgan fingerprint density at radius 1 is 1.28 bits per heavy atom. The number of pyridine rings is 1. The van der Waals surface area contributed by atoms with Crippen molar-refractivity contribution in [2.75, 3.05) is 19.1 Å². The molecule has 1 amide bonds. The van der Waals surface area contributed by atoms with Crippen LogP contribution in [-0.4, -0.2) is 44.0 Å². The van der Waals surface area contributed by atoms with Gasteiger partial charge in [-0.1, -0.05) is 33.1 Å². The molecule has 2 rings (SSSR count). The summed E-state index contributed by atoms with van der Waals surface area (Å²) in [5.41, 5.74) is 0. The van der Waals surface area contributed by atoms with Crippen LogP contribution in [-0.2, 0) is 14.6 Å². The molecule has 0 bridgehead atoms. The summed E-state index contributed by atoms with van der Waals surface area (Å²) in [6, 6.07) is 3.41. The van der Waals surface area contributed by atoms with Crippen molar-refractivity contribution in [2.45, 2.75) is 56.5 Å². The fourth-order valence-corrected chi connectivity index (χ4v) is 6.10. The second-order valence-electron chi connectivity index (χ2n) is 6.94. The molecule has 1 aromatic heterocycles. The van der Waals surface area contributed by atoms with E-state index in [-0.39, 0.29) is 5.92 Å². The Labute approximate surface area is 150 Å². The standard InChI is InChI=1S/C18H28N2O4S/c1-13(2)16(25(22,23)14-9-6-5-7-10-14)18(21)20(3)17-15(24-4)11-8-12-19-17/h8,11-14,16H,5-7,9-10H2,1-4H3. The van der Waals surface area contributed by atoms with Gasteiger partial charge in [-0.2, -0.15) is 0 Å². The van der Waals surface area contributed by atoms with Gasteiger partial charge in [-0.3, -0.25) is 9.69 Å². The van der Waals surface area contributed by atoms with E-state index in [2.05, 4.69) is 4.98 Å². The highest BCUT2D eigenvalue weighted by Gasteiger charge is 2.43. The molecule has 6 nitrogen and oxygen atoms in total. The first-order valence-electron chi connectivity index (χ1n) is 8.80. The molecule has 140 valence electrons. The fraction of sp³-hybridized carbons (Fsp3) is 0.667. The first kappa shape index (κ1) is 19.7. The molecule has 1 atom stereocenters. The number of hydrogen-bond donors (Lipinski definition) is 0. The van der Waals surface area contributed by atoms with Crippen LogP contribution in [0.3, 0.4) is 0 Å². The van der Waals surface area contributed by atoms with Crippen LogP contribution in [0.1, 0.15) is 46.0 Å². The summed E-state index contributed by atoms with van der Waals surface area (Å²) in [7, 11) is -0.503. The van der Waals surface area contributed by atoms with Crippen molar-refractivity contribution >= 4 is 21.6 Å². The van der Waals surface area contributed by atoms with Crippen LogP contribution in [0.2, 0.25) is 0 Å². The topological polar surface area (TPSA) is 76.6 Å². The zero-order chi connectivity index (χ0) is 18.6. The zero-order valence-corrected chi connectivity index (χ0v) is 16.3. The highest BCUT2D eigenvalue weighted by molar-refractivity contribution is 7.93. The molecule has 0 N–H and O–H groups in total. The maximum absolute atomic E-state index is 13.2. The molecule has 1 aliphatic rings. The highest BCUT2D eigenvalue weighted by atomic mass is 32.2. The van der Waals surface area contributed by atoms with Crippen molar-refractivity contribution in [3.8, 4) is 5.75 Å². The third-order valence-electron chi connectivity index (χ3n) is 4.84. The van der Waals surface area contributed by atoms with Crippen molar-refractivity contribution in [3.05, 3.63) is 18.3 Å². The largest absolute Gasteiger partial charge is 0.493 e. The lowest BCUT2D eigenvalue weighted by Gasteiger charge is -2.31. The minimum Gasteiger partial charge on any atom is -0.493 e. The third-order valence-corrected chi connectivity index (χ3v) is 7.69. The number of methoxy groups -OCH3 is 1. The SMILES string of the molecule is COc1cccnc1N(C)C(=O)C(C(C)C)S(=O)(=O)C1CCCCC1. The summed E-state index contributed by atoms with van der Waals surface area (Å²) >= 11 is 0. The quantitative estimate of drug-likeness (QED) is 0.772. The molecule has 7 heteroatoms. The van der Waals surface area contributed by atoms with Gasteiger partial charge >= 0.3 is 0 Å². The van der Waals surface area contributed by atoms with Gasteiger partial charge in [-0.15, -0.1) is 0 Å². The van der Waals surface area contributed by atoms with Gasteiger partial charge in [0.1, 0.15) is 5.25 Å². The number of carbonyl (C=O) groups excluding carboxylic acids is 1. The number of amides is 1. The Morgan fingerprint density at radius 2 is 1.92 bits per heavy atom. The predicted octanol–water partition coefficient (Wildman–Crippen LogP) is 2.83. The maximum atomic E-state index is 13.2. The van der Waals surface area contributed by atoms with Gasteiger partial charge in [0.15, 0.2) is 21.4 Å². The van der Waals surface area contributed by atoms with Gasteiger partial charge in [0.2, 0.25) is 5.91 Å². The lowest BCUT2D eigenvalue weighted by atomic mass is 10.0. The van der Waals surface area contributed by atoms with Crippen LogP contribution in [0.4, 0.5) is 5.82 Å². The molecule has 0 saturated heterocycles. The van der Waals surface area contributed by atoms with Crippen molar-refractivity contribution in [1.29, 1.82) is 0 Å². The molecule has 1 heterocycles. The van der Waals surface area contributed by atoms with Gasteiger partial charge < -0.3 is 4.74 Å². The summed E-state index contributed by atoms with van der Waals surface area (Å²) in [6.07, 6.45) is 5.74. The Hall–Kier alpha value is -1.63. The van der Waals surface area contributed by atoms with E-state index >= 15 is 0 Å². The second kappa shape index (κ2) is 8.17. The predicted molar refractivity (Wildman–Crippen MR) is 98.6 cm³/mol. The number of ether oxygens (including phenoxy) is 1. The molecule has 1 fully saturated rings. The molecule has 0 spiro atoms. The summed E-state index contributed by atoms with van der Waals surface area (Å²) in [5, 5.41) is -1.48. The minimum absolute atomic E-state index is 0.309. The summed E-state index contributed by atoms with van der Waals surface area (Å²) in [6.45, 7) is 3.57. The van der Waals surface area contributed by atoms with Crippen LogP contribution in [0.15, 0.2) is 18.3 Å². The van der Waals surface area contributed by atoms with Crippen molar-refractivity contribution < 1.29 is 17.9 Å². The number of anilines is 1. The fourth-order valence-electron chi connectivity index (χ4n) is 3.49. The van der Waals surface area contributed by atoms with Crippen LogP contribution in [0.5, 0.6) is 5.75 Å². The first-order valence-corrected chi connectivity index (χ1v) is 10.4. The molecule has 0 aliphatic heterocycles. The van der Waals surface area contributed by atoms with E-state index in [0.29, 0.717) is 24.4 Å². The monoisotopic (exact) mass is 368 g/mol. The van der Waals surface area contributed by atoms with Crippen molar-refractivity contribution in [2.24, 2.45) is 5.92 Å².